The Bertz CT molecular complexity index is 1430. The van der Waals surface area contributed by atoms with Crippen molar-refractivity contribution in [3.8, 4) is 11.1 Å². The molecule has 10 heteroatoms. The molecule has 1 saturated heterocycles. The minimum atomic E-state index is -3.73. The predicted molar refractivity (Wildman–Crippen MR) is 155 cm³/mol. The Hall–Kier alpha value is -3.47. The zero-order chi connectivity index (χ0) is 27.5. The van der Waals surface area contributed by atoms with Crippen molar-refractivity contribution in [1.82, 2.24) is 4.72 Å². The third-order valence-corrected chi connectivity index (χ3v) is 8.01. The van der Waals surface area contributed by atoms with Gasteiger partial charge in [-0.15, -0.1) is 0 Å². The van der Waals surface area contributed by atoms with Crippen LogP contribution in [0.1, 0.15) is 39.2 Å². The highest BCUT2D eigenvalue weighted by Crippen LogP contribution is 2.30. The third-order valence-electron chi connectivity index (χ3n) is 5.96. The van der Waals surface area contributed by atoms with Crippen molar-refractivity contribution < 1.29 is 17.9 Å². The Kier molecular flexibility index (Phi) is 8.05. The highest BCUT2D eigenvalue weighted by atomic mass is 32.2. The lowest BCUT2D eigenvalue weighted by atomic mass is 10.1. The standard InChI is InChI=1S/C28H32N4O4S2/c1-28(2,3)31-38(34,35)24-11-5-4-10-23(24)19-13-15-21(16-14-19)30-27(33)36-25-12-7-17-32(25)22-9-6-8-20(18-22)26(29)37/h4-6,8-11,13-16,18,25,31H,7,12,17H2,1-3H3,(H2,29,37)(H,30,33)/t25-/m0/s1. The quantitative estimate of drug-likeness (QED) is 0.344. The Morgan fingerprint density at radius 1 is 1.05 bits per heavy atom. The van der Waals surface area contributed by atoms with E-state index in [1.54, 1.807) is 69.3 Å². The number of anilines is 2. The smallest absolute Gasteiger partial charge is 0.413 e. The number of nitrogens with zero attached hydrogens (tertiary/aromatic N) is 1. The van der Waals surface area contributed by atoms with E-state index in [2.05, 4.69) is 10.0 Å². The van der Waals surface area contributed by atoms with Crippen molar-refractivity contribution in [2.45, 2.75) is 50.3 Å². The molecule has 3 aromatic rings. The van der Waals surface area contributed by atoms with E-state index in [9.17, 15) is 13.2 Å². The molecular weight excluding hydrogens is 520 g/mol. The normalized spacial score (nSPS) is 15.8. The molecule has 1 aliphatic rings. The molecule has 1 fully saturated rings. The van der Waals surface area contributed by atoms with Gasteiger partial charge in [-0.05, 0) is 63.1 Å². The number of rotatable bonds is 7. The highest BCUT2D eigenvalue weighted by molar-refractivity contribution is 7.89. The number of hydrogen-bond acceptors (Lipinski definition) is 6. The number of carbonyl (C=O) groups excluding carboxylic acids is 1. The molecule has 38 heavy (non-hydrogen) atoms. The fourth-order valence-corrected chi connectivity index (χ4v) is 6.17. The molecule has 1 atom stereocenters. The van der Waals surface area contributed by atoms with Crippen LogP contribution in [0.25, 0.3) is 11.1 Å². The predicted octanol–water partition coefficient (Wildman–Crippen LogP) is 5.24. The monoisotopic (exact) mass is 552 g/mol. The fraction of sp³-hybridized carbons (Fsp3) is 0.286. The molecule has 1 aliphatic heterocycles. The molecule has 4 N–H and O–H groups in total. The molecule has 0 saturated carbocycles. The van der Waals surface area contributed by atoms with E-state index < -0.39 is 27.9 Å². The van der Waals surface area contributed by atoms with Crippen LogP contribution in [0.5, 0.6) is 0 Å². The number of sulfonamides is 1. The van der Waals surface area contributed by atoms with Crippen LogP contribution in [0.15, 0.2) is 77.7 Å². The second-order valence-electron chi connectivity index (χ2n) is 10.2. The van der Waals surface area contributed by atoms with E-state index in [-0.39, 0.29) is 4.90 Å². The summed E-state index contributed by atoms with van der Waals surface area (Å²) in [4.78, 5) is 15.2. The molecule has 8 nitrogen and oxygen atoms in total. The maximum Gasteiger partial charge on any atom is 0.413 e. The Balaban J connectivity index is 1.45. The first kappa shape index (κ1) is 27.6. The topological polar surface area (TPSA) is 114 Å². The van der Waals surface area contributed by atoms with Crippen molar-refractivity contribution in [2.24, 2.45) is 5.73 Å². The summed E-state index contributed by atoms with van der Waals surface area (Å²) < 4.78 is 34.4. The van der Waals surface area contributed by atoms with Gasteiger partial charge in [0.05, 0.1) is 4.90 Å². The lowest BCUT2D eigenvalue weighted by molar-refractivity contribution is 0.116. The van der Waals surface area contributed by atoms with E-state index in [0.29, 0.717) is 28.2 Å². The number of benzene rings is 3. The van der Waals surface area contributed by atoms with Crippen molar-refractivity contribution in [3.63, 3.8) is 0 Å². The maximum absolute atomic E-state index is 13.0. The number of nitrogens with one attached hydrogen (secondary N) is 2. The van der Waals surface area contributed by atoms with Gasteiger partial charge in [-0.3, -0.25) is 5.32 Å². The zero-order valence-electron chi connectivity index (χ0n) is 21.6. The number of nitrogens with two attached hydrogens (primary N) is 1. The molecule has 0 aliphatic carbocycles. The van der Waals surface area contributed by atoms with Crippen LogP contribution in [0.3, 0.4) is 0 Å². The molecule has 3 aromatic carbocycles. The molecule has 1 amide bonds. The summed E-state index contributed by atoms with van der Waals surface area (Å²) in [5.41, 5.74) is 8.62. The van der Waals surface area contributed by atoms with Crippen molar-refractivity contribution in [3.05, 3.63) is 78.4 Å². The number of ether oxygens (including phenoxy) is 1. The van der Waals surface area contributed by atoms with Crippen LogP contribution in [0.4, 0.5) is 16.2 Å². The molecule has 0 spiro atoms. The molecule has 0 radical (unpaired) electrons. The fourth-order valence-electron chi connectivity index (χ4n) is 4.39. The Morgan fingerprint density at radius 3 is 2.45 bits per heavy atom. The summed E-state index contributed by atoms with van der Waals surface area (Å²) >= 11 is 5.09. The largest absolute Gasteiger partial charge is 0.425 e. The summed E-state index contributed by atoms with van der Waals surface area (Å²) in [7, 11) is -3.73. The second-order valence-corrected chi connectivity index (χ2v) is 12.3. The van der Waals surface area contributed by atoms with E-state index in [4.69, 9.17) is 22.7 Å². The second kappa shape index (κ2) is 11.1. The molecule has 200 valence electrons. The molecule has 0 unspecified atom stereocenters. The van der Waals surface area contributed by atoms with E-state index in [1.165, 1.54) is 0 Å². The number of carbonyl (C=O) groups is 1. The van der Waals surface area contributed by atoms with Gasteiger partial charge in [-0.2, -0.15) is 0 Å². The van der Waals surface area contributed by atoms with Gasteiger partial charge in [0, 0.05) is 41.0 Å². The number of thiocarbonyl (C=S) groups is 1. The van der Waals surface area contributed by atoms with Crippen LogP contribution >= 0.6 is 12.2 Å². The summed E-state index contributed by atoms with van der Waals surface area (Å²) in [6, 6.07) is 21.4. The molecule has 0 bridgehead atoms. The molecule has 4 rings (SSSR count). The van der Waals surface area contributed by atoms with Crippen molar-refractivity contribution >= 4 is 44.7 Å². The minimum Gasteiger partial charge on any atom is -0.425 e. The van der Waals surface area contributed by atoms with E-state index in [1.807, 2.05) is 29.2 Å². The first-order valence-corrected chi connectivity index (χ1v) is 14.2. The lowest BCUT2D eigenvalue weighted by Crippen LogP contribution is -2.40. The van der Waals surface area contributed by atoms with Gasteiger partial charge in [0.2, 0.25) is 10.0 Å². The molecular formula is C28H32N4O4S2. The minimum absolute atomic E-state index is 0.191. The first-order valence-electron chi connectivity index (χ1n) is 12.3. The van der Waals surface area contributed by atoms with E-state index in [0.717, 1.165) is 24.2 Å². The summed E-state index contributed by atoms with van der Waals surface area (Å²) in [5, 5.41) is 2.77. The maximum atomic E-state index is 13.0. The first-order chi connectivity index (χ1) is 17.9. The van der Waals surface area contributed by atoms with Gasteiger partial charge in [0.15, 0.2) is 6.23 Å². The van der Waals surface area contributed by atoms with Crippen LogP contribution < -0.4 is 20.7 Å². The van der Waals surface area contributed by atoms with Gasteiger partial charge in [-0.1, -0.05) is 54.7 Å². The summed E-state index contributed by atoms with van der Waals surface area (Å²) in [6.45, 7) is 6.14. The highest BCUT2D eigenvalue weighted by Gasteiger charge is 2.29. The van der Waals surface area contributed by atoms with Crippen LogP contribution in [0.2, 0.25) is 0 Å². The van der Waals surface area contributed by atoms with Crippen LogP contribution in [0, 0.1) is 0 Å². The van der Waals surface area contributed by atoms with Crippen molar-refractivity contribution in [2.75, 3.05) is 16.8 Å². The van der Waals surface area contributed by atoms with Crippen molar-refractivity contribution in [1.29, 1.82) is 0 Å². The molecule has 0 aromatic heterocycles. The summed E-state index contributed by atoms with van der Waals surface area (Å²) in [6.07, 6.45) is 0.606. The summed E-state index contributed by atoms with van der Waals surface area (Å²) in [5.74, 6) is 0. The average Bonchev–Trinajstić information content (AvgIpc) is 3.31. The third kappa shape index (κ3) is 6.69. The van der Waals surface area contributed by atoms with Gasteiger partial charge in [-0.25, -0.2) is 17.9 Å². The van der Waals surface area contributed by atoms with Gasteiger partial charge < -0.3 is 15.4 Å². The van der Waals surface area contributed by atoms with Gasteiger partial charge in [0.25, 0.3) is 0 Å². The van der Waals surface area contributed by atoms with Crippen LogP contribution in [-0.4, -0.2) is 37.8 Å². The van der Waals surface area contributed by atoms with E-state index >= 15 is 0 Å². The number of hydrogen-bond donors (Lipinski definition) is 3. The average molecular weight is 553 g/mol. The molecule has 1 heterocycles. The Labute approximate surface area is 229 Å². The van der Waals surface area contributed by atoms with Crippen LogP contribution in [-0.2, 0) is 14.8 Å². The zero-order valence-corrected chi connectivity index (χ0v) is 23.2. The van der Waals surface area contributed by atoms with Gasteiger partial charge >= 0.3 is 6.09 Å². The lowest BCUT2D eigenvalue weighted by Gasteiger charge is -2.26. The SMILES string of the molecule is CC(C)(C)NS(=O)(=O)c1ccccc1-c1ccc(NC(=O)O[C@H]2CCCN2c2cccc(C(N)=S)c2)cc1. The number of amides is 1. The Morgan fingerprint density at radius 2 is 1.76 bits per heavy atom. The van der Waals surface area contributed by atoms with Gasteiger partial charge in [0.1, 0.15) is 4.99 Å².